The Balaban J connectivity index is 2.42. The van der Waals surface area contributed by atoms with Gasteiger partial charge in [-0.1, -0.05) is 36.4 Å². The molecule has 2 N–H and O–H groups in total. The van der Waals surface area contributed by atoms with Gasteiger partial charge in [-0.15, -0.1) is 0 Å². The van der Waals surface area contributed by atoms with E-state index in [1.807, 2.05) is 60.7 Å². The van der Waals surface area contributed by atoms with Crippen molar-refractivity contribution in [1.82, 2.24) is 5.32 Å². The van der Waals surface area contributed by atoms with Crippen molar-refractivity contribution in [3.05, 3.63) is 60.7 Å². The molecule has 0 aliphatic rings. The lowest BCUT2D eigenvalue weighted by atomic mass is 10.2. The van der Waals surface area contributed by atoms with E-state index < -0.39 is 0 Å². The van der Waals surface area contributed by atoms with E-state index in [0.717, 1.165) is 11.4 Å². The van der Waals surface area contributed by atoms with Crippen molar-refractivity contribution in [2.75, 3.05) is 4.90 Å². The van der Waals surface area contributed by atoms with Gasteiger partial charge in [0.2, 0.25) is 5.96 Å². The molecule has 0 aromatic heterocycles. The molecule has 4 heteroatoms. The van der Waals surface area contributed by atoms with Gasteiger partial charge in [0.1, 0.15) is 0 Å². The summed E-state index contributed by atoms with van der Waals surface area (Å²) in [5, 5.41) is 18.9. The Kier molecular flexibility index (Phi) is 3.57. The van der Waals surface area contributed by atoms with Gasteiger partial charge in [-0.3, -0.25) is 15.6 Å². The van der Waals surface area contributed by atoms with E-state index in [1.165, 1.54) is 0 Å². The van der Waals surface area contributed by atoms with Crippen LogP contribution in [0.3, 0.4) is 0 Å². The van der Waals surface area contributed by atoms with Crippen molar-refractivity contribution < 1.29 is 0 Å². The topological polar surface area (TPSA) is 62.9 Å². The van der Waals surface area contributed by atoms with Gasteiger partial charge in [0.15, 0.2) is 6.19 Å². The first-order valence-electron chi connectivity index (χ1n) is 5.47. The third kappa shape index (κ3) is 2.47. The number of hydrogen-bond donors (Lipinski definition) is 2. The maximum Gasteiger partial charge on any atom is 0.213 e. The van der Waals surface area contributed by atoms with E-state index in [0.29, 0.717) is 0 Å². The Morgan fingerprint density at radius 1 is 0.944 bits per heavy atom. The molecule has 0 fully saturated rings. The van der Waals surface area contributed by atoms with Crippen molar-refractivity contribution in [2.45, 2.75) is 0 Å². The van der Waals surface area contributed by atoms with Gasteiger partial charge in [0.05, 0.1) is 0 Å². The number of para-hydroxylation sites is 2. The fourth-order valence-electron chi connectivity index (χ4n) is 1.67. The monoisotopic (exact) mass is 236 g/mol. The summed E-state index contributed by atoms with van der Waals surface area (Å²) in [5.74, 6) is 0.0231. The molecule has 0 amide bonds. The van der Waals surface area contributed by atoms with Crippen LogP contribution in [0.15, 0.2) is 60.7 Å². The summed E-state index contributed by atoms with van der Waals surface area (Å²) in [6, 6.07) is 19.0. The predicted octanol–water partition coefficient (Wildman–Crippen LogP) is 2.83. The van der Waals surface area contributed by atoms with Gasteiger partial charge in [0.25, 0.3) is 0 Å². The first-order chi connectivity index (χ1) is 8.83. The van der Waals surface area contributed by atoms with E-state index in [1.54, 1.807) is 11.1 Å². The normalized spacial score (nSPS) is 9.28. The number of rotatable bonds is 2. The maximum absolute atomic E-state index is 8.65. The third-order valence-corrected chi connectivity index (χ3v) is 2.43. The van der Waals surface area contributed by atoms with Crippen LogP contribution in [0, 0.1) is 16.9 Å². The fourth-order valence-corrected chi connectivity index (χ4v) is 1.67. The number of nitrogens with one attached hydrogen (secondary N) is 2. The molecule has 0 radical (unpaired) electrons. The maximum atomic E-state index is 8.65. The summed E-state index contributed by atoms with van der Waals surface area (Å²) >= 11 is 0. The molecule has 2 aromatic rings. The molecule has 0 aliphatic carbocycles. The summed E-state index contributed by atoms with van der Waals surface area (Å²) < 4.78 is 0. The van der Waals surface area contributed by atoms with Crippen LogP contribution in [-0.2, 0) is 0 Å². The summed E-state index contributed by atoms with van der Waals surface area (Å²) in [6.45, 7) is 0. The molecule has 2 rings (SSSR count). The third-order valence-electron chi connectivity index (χ3n) is 2.43. The van der Waals surface area contributed by atoms with E-state index in [4.69, 9.17) is 10.7 Å². The Labute approximate surface area is 106 Å². The van der Waals surface area contributed by atoms with Crippen LogP contribution < -0.4 is 10.2 Å². The van der Waals surface area contributed by atoms with Crippen LogP contribution in [0.25, 0.3) is 0 Å². The quantitative estimate of drug-likeness (QED) is 0.365. The first-order valence-corrected chi connectivity index (χ1v) is 5.47. The second-order valence-corrected chi connectivity index (χ2v) is 3.59. The molecular weight excluding hydrogens is 224 g/mol. The highest BCUT2D eigenvalue weighted by atomic mass is 15.3. The largest absolute Gasteiger partial charge is 0.281 e. The average Bonchev–Trinajstić information content (AvgIpc) is 2.42. The van der Waals surface area contributed by atoms with Crippen molar-refractivity contribution in [1.29, 1.82) is 10.7 Å². The van der Waals surface area contributed by atoms with Crippen LogP contribution in [-0.4, -0.2) is 5.96 Å². The first kappa shape index (κ1) is 11.7. The minimum absolute atomic E-state index is 0.0231. The summed E-state index contributed by atoms with van der Waals surface area (Å²) in [7, 11) is 0. The fraction of sp³-hybridized carbons (Fsp3) is 0. The number of nitriles is 1. The molecule has 0 bridgehead atoms. The Bertz CT molecular complexity index is 518. The molecule has 18 heavy (non-hydrogen) atoms. The molecule has 0 spiro atoms. The number of hydrogen-bond acceptors (Lipinski definition) is 2. The van der Waals surface area contributed by atoms with Crippen LogP contribution in [0.2, 0.25) is 0 Å². The Morgan fingerprint density at radius 3 is 1.78 bits per heavy atom. The number of nitrogens with zero attached hydrogens (tertiary/aromatic N) is 2. The highest BCUT2D eigenvalue weighted by Gasteiger charge is 2.13. The highest BCUT2D eigenvalue weighted by Crippen LogP contribution is 2.24. The lowest BCUT2D eigenvalue weighted by molar-refractivity contribution is 1.14. The van der Waals surface area contributed by atoms with Gasteiger partial charge in [-0.2, -0.15) is 5.26 Å². The number of benzene rings is 2. The molecule has 0 saturated carbocycles. The molecule has 88 valence electrons. The highest BCUT2D eigenvalue weighted by molar-refractivity contribution is 6.01. The summed E-state index contributed by atoms with van der Waals surface area (Å²) in [6.07, 6.45) is 1.77. The van der Waals surface area contributed by atoms with Crippen LogP contribution in [0.4, 0.5) is 11.4 Å². The average molecular weight is 236 g/mol. The van der Waals surface area contributed by atoms with Crippen LogP contribution in [0.1, 0.15) is 0 Å². The molecule has 0 aliphatic heterocycles. The molecular formula is C14H12N4. The zero-order valence-electron chi connectivity index (χ0n) is 9.67. The molecule has 0 atom stereocenters. The van der Waals surface area contributed by atoms with Crippen molar-refractivity contribution in [2.24, 2.45) is 0 Å². The molecule has 0 heterocycles. The van der Waals surface area contributed by atoms with Gasteiger partial charge >= 0.3 is 0 Å². The molecule has 0 unspecified atom stereocenters. The minimum Gasteiger partial charge on any atom is -0.281 e. The SMILES string of the molecule is N#CNC(=N)N(c1ccccc1)c1ccccc1. The van der Waals surface area contributed by atoms with Crippen molar-refractivity contribution in [3.63, 3.8) is 0 Å². The minimum atomic E-state index is 0.0231. The second-order valence-electron chi connectivity index (χ2n) is 3.59. The zero-order valence-corrected chi connectivity index (χ0v) is 9.67. The number of anilines is 2. The van der Waals surface area contributed by atoms with E-state index >= 15 is 0 Å². The smallest absolute Gasteiger partial charge is 0.213 e. The van der Waals surface area contributed by atoms with Crippen LogP contribution >= 0.6 is 0 Å². The Hall–Kier alpha value is -2.80. The standard InChI is InChI=1S/C14H12N4/c15-11-17-14(16)18(12-7-3-1-4-8-12)13-9-5-2-6-10-13/h1-10H,(H2,16,17). The molecule has 0 saturated heterocycles. The van der Waals surface area contributed by atoms with Gasteiger partial charge < -0.3 is 0 Å². The van der Waals surface area contributed by atoms with Crippen LogP contribution in [0.5, 0.6) is 0 Å². The molecule has 4 nitrogen and oxygen atoms in total. The van der Waals surface area contributed by atoms with E-state index in [2.05, 4.69) is 5.32 Å². The van der Waals surface area contributed by atoms with E-state index in [9.17, 15) is 0 Å². The van der Waals surface area contributed by atoms with Crippen molar-refractivity contribution >= 4 is 17.3 Å². The predicted molar refractivity (Wildman–Crippen MR) is 71.5 cm³/mol. The zero-order chi connectivity index (χ0) is 12.8. The van der Waals surface area contributed by atoms with Gasteiger partial charge in [-0.25, -0.2) is 0 Å². The molecule has 2 aromatic carbocycles. The lowest BCUT2D eigenvalue weighted by Gasteiger charge is -2.23. The number of guanidine groups is 1. The summed E-state index contributed by atoms with van der Waals surface area (Å²) in [4.78, 5) is 1.67. The Morgan fingerprint density at radius 2 is 1.39 bits per heavy atom. The van der Waals surface area contributed by atoms with Crippen molar-refractivity contribution in [3.8, 4) is 6.19 Å². The van der Waals surface area contributed by atoms with Gasteiger partial charge in [0, 0.05) is 11.4 Å². The lowest BCUT2D eigenvalue weighted by Crippen LogP contribution is -2.34. The van der Waals surface area contributed by atoms with E-state index in [-0.39, 0.29) is 5.96 Å². The second kappa shape index (κ2) is 5.51. The van der Waals surface area contributed by atoms with Gasteiger partial charge in [-0.05, 0) is 24.3 Å². The summed E-state index contributed by atoms with van der Waals surface area (Å²) in [5.41, 5.74) is 1.66.